The fraction of sp³-hybridized carbons (Fsp3) is 0.263. The molecule has 3 heterocycles. The maximum absolute atomic E-state index is 7.43. The van der Waals surface area contributed by atoms with Crippen LogP contribution in [0.4, 0.5) is 17.1 Å². The monoisotopic (exact) mass is 812 g/mol. The van der Waals surface area contributed by atoms with Crippen LogP contribution in [0, 0.1) is 13.8 Å². The lowest BCUT2D eigenvalue weighted by atomic mass is 9.34. The zero-order chi connectivity index (χ0) is 43.6. The molecule has 2 aliphatic heterocycles. The van der Waals surface area contributed by atoms with E-state index in [1.807, 2.05) is 0 Å². The van der Waals surface area contributed by atoms with Gasteiger partial charge in [0.1, 0.15) is 23.0 Å². The molecule has 4 nitrogen and oxygen atoms in total. The molecule has 8 aromatic rings. The summed E-state index contributed by atoms with van der Waals surface area (Å²) in [5.41, 5.74) is 17.5. The summed E-state index contributed by atoms with van der Waals surface area (Å²) in [6, 6.07) is 47.6. The lowest BCUT2D eigenvalue weighted by Crippen LogP contribution is -2.57. The number of fused-ring (bicyclic) bond motifs is 8. The molecule has 0 saturated heterocycles. The Labute approximate surface area is 368 Å². The molecule has 0 amide bonds. The van der Waals surface area contributed by atoms with Crippen LogP contribution < -0.4 is 30.8 Å². The van der Waals surface area contributed by atoms with Crippen LogP contribution in [0.25, 0.3) is 32.9 Å². The van der Waals surface area contributed by atoms with Crippen LogP contribution in [0.15, 0.2) is 127 Å². The minimum atomic E-state index is -0.140. The molecule has 0 saturated carbocycles. The van der Waals surface area contributed by atoms with Gasteiger partial charge in [0.25, 0.3) is 6.71 Å². The second-order valence-electron chi connectivity index (χ2n) is 20.9. The van der Waals surface area contributed by atoms with E-state index < -0.39 is 0 Å². The van der Waals surface area contributed by atoms with Crippen LogP contribution in [-0.2, 0) is 23.3 Å². The Hall–Kier alpha value is -6.20. The van der Waals surface area contributed by atoms with Crippen molar-refractivity contribution in [2.24, 2.45) is 7.05 Å². The van der Waals surface area contributed by atoms with Gasteiger partial charge in [-0.1, -0.05) is 146 Å². The second kappa shape index (κ2) is 13.9. The van der Waals surface area contributed by atoms with Crippen molar-refractivity contribution in [2.75, 3.05) is 4.90 Å². The van der Waals surface area contributed by atoms with Gasteiger partial charge in [-0.2, -0.15) is 0 Å². The van der Waals surface area contributed by atoms with Gasteiger partial charge in [-0.15, -0.1) is 0 Å². The van der Waals surface area contributed by atoms with Gasteiger partial charge in [-0.25, -0.2) is 0 Å². The average molecular weight is 813 g/mol. The molecule has 0 radical (unpaired) electrons. The molecule has 0 unspecified atom stereocenters. The number of aromatic nitrogens is 1. The number of benzene rings is 7. The van der Waals surface area contributed by atoms with Crippen LogP contribution >= 0.6 is 0 Å². The highest BCUT2D eigenvalue weighted by Gasteiger charge is 2.43. The van der Waals surface area contributed by atoms with Gasteiger partial charge >= 0.3 is 0 Å². The minimum Gasteiger partial charge on any atom is -0.458 e. The average Bonchev–Trinajstić information content (AvgIpc) is 3.52. The Morgan fingerprint density at radius 1 is 0.516 bits per heavy atom. The Kier molecular flexibility index (Phi) is 8.95. The lowest BCUT2D eigenvalue weighted by molar-refractivity contribution is 0.467. The summed E-state index contributed by atoms with van der Waals surface area (Å²) in [6.45, 7) is 24.7. The maximum atomic E-state index is 7.43. The summed E-state index contributed by atoms with van der Waals surface area (Å²) in [7, 11) is 2.20. The zero-order valence-electron chi connectivity index (χ0n) is 38.4. The summed E-state index contributed by atoms with van der Waals surface area (Å²) in [5.74, 6) is 3.48. The van der Waals surface area contributed by atoms with Crippen molar-refractivity contribution in [2.45, 2.75) is 92.4 Å². The molecule has 0 fully saturated rings. The Balaban J connectivity index is 1.31. The molecule has 2 aliphatic rings. The molecular formula is C57H57BN2O2. The van der Waals surface area contributed by atoms with Crippen LogP contribution in [0.2, 0.25) is 0 Å². The fourth-order valence-electron chi connectivity index (χ4n) is 9.89. The van der Waals surface area contributed by atoms with E-state index in [1.54, 1.807) is 0 Å². The molecule has 310 valence electrons. The second-order valence-corrected chi connectivity index (χ2v) is 20.9. The normalized spacial score (nSPS) is 13.4. The number of hydrogen-bond donors (Lipinski definition) is 0. The first kappa shape index (κ1) is 39.9. The third-order valence-electron chi connectivity index (χ3n) is 13.2. The highest BCUT2D eigenvalue weighted by Crippen LogP contribution is 2.49. The Morgan fingerprint density at radius 2 is 1.05 bits per heavy atom. The van der Waals surface area contributed by atoms with E-state index in [0.29, 0.717) is 0 Å². The molecule has 10 rings (SSSR count). The SMILES string of the molecule is Cc1cc(C)cc(-c2cc3c4c(c2)Oc2c(cc(N(c5ccc(C(C)(C)C)cc5)c5ccc(C(C)(C)C)cc5)c5c2c2ccccc2n5C)B4c2cc(C(C)(C)C)ccc2O3)c1. The molecule has 7 aromatic carbocycles. The van der Waals surface area contributed by atoms with Gasteiger partial charge in [0, 0.05) is 34.8 Å². The highest BCUT2D eigenvalue weighted by atomic mass is 16.5. The number of rotatable bonds is 4. The van der Waals surface area contributed by atoms with Crippen LogP contribution in [0.3, 0.4) is 0 Å². The van der Waals surface area contributed by atoms with Gasteiger partial charge in [0.15, 0.2) is 0 Å². The van der Waals surface area contributed by atoms with E-state index in [1.165, 1.54) is 33.2 Å². The number of para-hydroxylation sites is 1. The minimum absolute atomic E-state index is 0.0233. The number of ether oxygens (including phenoxy) is 2. The van der Waals surface area contributed by atoms with E-state index in [2.05, 4.69) is 220 Å². The van der Waals surface area contributed by atoms with Crippen molar-refractivity contribution in [1.29, 1.82) is 0 Å². The zero-order valence-corrected chi connectivity index (χ0v) is 38.4. The van der Waals surface area contributed by atoms with Crippen molar-refractivity contribution >= 4 is 62.0 Å². The van der Waals surface area contributed by atoms with Crippen molar-refractivity contribution in [1.82, 2.24) is 4.57 Å². The molecule has 0 spiro atoms. The summed E-state index contributed by atoms with van der Waals surface area (Å²) in [5, 5.41) is 2.28. The van der Waals surface area contributed by atoms with Gasteiger partial charge in [0.05, 0.1) is 16.6 Å². The molecule has 5 heteroatoms. The van der Waals surface area contributed by atoms with E-state index in [-0.39, 0.29) is 23.0 Å². The molecule has 0 bridgehead atoms. The summed E-state index contributed by atoms with van der Waals surface area (Å²) >= 11 is 0. The predicted octanol–water partition coefficient (Wildman–Crippen LogP) is 13.7. The standard InChI is InChI=1S/C57H57BN2O2/c1-34-27-35(2)29-36(28-34)37-30-49-52-50(31-37)62-54-45(58(52)44-32-40(57(9,10)11)21-26-48(44)61-49)33-47(53-51(54)43-15-13-14-16-46(43)59(53)12)60(41-22-17-38(18-23-41)55(3,4)5)42-24-19-39(20-25-42)56(6,7)8/h13-33H,1-12H3. The van der Waals surface area contributed by atoms with E-state index in [0.717, 1.165) is 84.0 Å². The lowest BCUT2D eigenvalue weighted by Gasteiger charge is -2.36. The number of anilines is 3. The summed E-state index contributed by atoms with van der Waals surface area (Å²) < 4.78 is 16.8. The van der Waals surface area contributed by atoms with E-state index >= 15 is 0 Å². The number of nitrogens with zero attached hydrogens (tertiary/aromatic N) is 2. The Bertz CT molecular complexity index is 3020. The van der Waals surface area contributed by atoms with Crippen molar-refractivity contribution in [3.63, 3.8) is 0 Å². The fourth-order valence-corrected chi connectivity index (χ4v) is 9.89. The van der Waals surface area contributed by atoms with Crippen molar-refractivity contribution in [3.05, 3.63) is 155 Å². The van der Waals surface area contributed by atoms with Crippen molar-refractivity contribution in [3.8, 4) is 34.1 Å². The summed E-state index contributed by atoms with van der Waals surface area (Å²) in [4.78, 5) is 2.46. The maximum Gasteiger partial charge on any atom is 0.260 e. The third kappa shape index (κ3) is 6.51. The van der Waals surface area contributed by atoms with Crippen LogP contribution in [0.5, 0.6) is 23.0 Å². The first-order chi connectivity index (χ1) is 29.3. The summed E-state index contributed by atoms with van der Waals surface area (Å²) in [6.07, 6.45) is 0. The van der Waals surface area contributed by atoms with Crippen LogP contribution in [-0.4, -0.2) is 11.3 Å². The van der Waals surface area contributed by atoms with Crippen LogP contribution in [0.1, 0.15) is 90.1 Å². The molecule has 1 aromatic heterocycles. The van der Waals surface area contributed by atoms with E-state index in [9.17, 15) is 0 Å². The third-order valence-corrected chi connectivity index (χ3v) is 13.2. The smallest absolute Gasteiger partial charge is 0.260 e. The quantitative estimate of drug-likeness (QED) is 0.166. The van der Waals surface area contributed by atoms with Gasteiger partial charge in [0.2, 0.25) is 0 Å². The van der Waals surface area contributed by atoms with Gasteiger partial charge in [-0.05, 0) is 123 Å². The highest BCUT2D eigenvalue weighted by molar-refractivity contribution is 6.98. The van der Waals surface area contributed by atoms with E-state index in [4.69, 9.17) is 9.47 Å². The van der Waals surface area contributed by atoms with Gasteiger partial charge < -0.3 is 18.9 Å². The molecule has 0 N–H and O–H groups in total. The first-order valence-electron chi connectivity index (χ1n) is 22.2. The molecule has 0 atom stereocenters. The van der Waals surface area contributed by atoms with Gasteiger partial charge in [-0.3, -0.25) is 0 Å². The van der Waals surface area contributed by atoms with Crippen molar-refractivity contribution < 1.29 is 9.47 Å². The predicted molar refractivity (Wildman–Crippen MR) is 264 cm³/mol. The Morgan fingerprint density at radius 3 is 1.63 bits per heavy atom. The molecule has 0 aliphatic carbocycles. The first-order valence-corrected chi connectivity index (χ1v) is 22.2. The molecular weight excluding hydrogens is 755 g/mol. The topological polar surface area (TPSA) is 26.6 Å². The largest absolute Gasteiger partial charge is 0.458 e. The molecule has 62 heavy (non-hydrogen) atoms. The number of aryl methyl sites for hydroxylation is 3. The number of hydrogen-bond acceptors (Lipinski definition) is 3.